The summed E-state index contributed by atoms with van der Waals surface area (Å²) in [4.78, 5) is 27.1. The highest BCUT2D eigenvalue weighted by Crippen LogP contribution is 2.02. The number of aliphatic carboxylic acids is 1. The van der Waals surface area contributed by atoms with Crippen LogP contribution < -0.4 is 0 Å². The van der Waals surface area contributed by atoms with Gasteiger partial charge in [0.25, 0.3) is 0 Å². The summed E-state index contributed by atoms with van der Waals surface area (Å²) in [5.74, 6) is -1.10. The number of carboxylic acid groups (broad SMARTS) is 1. The van der Waals surface area contributed by atoms with Crippen LogP contribution in [0.3, 0.4) is 0 Å². The molecule has 0 bridgehead atoms. The lowest BCUT2D eigenvalue weighted by atomic mass is 10.2. The summed E-state index contributed by atoms with van der Waals surface area (Å²) in [5, 5.41) is 8.69. The van der Waals surface area contributed by atoms with Crippen LogP contribution in [-0.2, 0) is 16.0 Å². The number of nitrogens with zero attached hydrogens (tertiary/aromatic N) is 2. The zero-order valence-electron chi connectivity index (χ0n) is 8.51. The maximum absolute atomic E-state index is 11.5. The van der Waals surface area contributed by atoms with E-state index in [1.165, 1.54) is 26.4 Å². The van der Waals surface area contributed by atoms with Gasteiger partial charge in [0.1, 0.15) is 18.7 Å². The smallest absolute Gasteiger partial charge is 0.326 e. The lowest BCUT2D eigenvalue weighted by Gasteiger charge is -2.20. The first-order valence-electron chi connectivity index (χ1n) is 4.39. The fourth-order valence-electron chi connectivity index (χ4n) is 0.976. The van der Waals surface area contributed by atoms with Crippen molar-refractivity contribution in [2.45, 2.75) is 19.4 Å². The SMILES string of the molecule is CC(C(=O)O)N(C)C(=O)Cc1ncco1. The van der Waals surface area contributed by atoms with Crippen LogP contribution in [0.25, 0.3) is 0 Å². The number of amides is 1. The van der Waals surface area contributed by atoms with Crippen molar-refractivity contribution in [1.29, 1.82) is 0 Å². The van der Waals surface area contributed by atoms with Crippen LogP contribution in [0.2, 0.25) is 0 Å². The molecule has 1 heterocycles. The Morgan fingerprint density at radius 3 is 2.80 bits per heavy atom. The molecule has 0 saturated carbocycles. The molecule has 1 aromatic rings. The van der Waals surface area contributed by atoms with Crippen LogP contribution in [0, 0.1) is 0 Å². The Morgan fingerprint density at radius 2 is 2.33 bits per heavy atom. The summed E-state index contributed by atoms with van der Waals surface area (Å²) in [6, 6.07) is -0.854. The van der Waals surface area contributed by atoms with Gasteiger partial charge in [-0.25, -0.2) is 9.78 Å². The van der Waals surface area contributed by atoms with Gasteiger partial charge < -0.3 is 14.4 Å². The highest BCUT2D eigenvalue weighted by Gasteiger charge is 2.22. The average molecular weight is 212 g/mol. The Balaban J connectivity index is 2.57. The molecule has 1 aromatic heterocycles. The first-order chi connectivity index (χ1) is 7.02. The van der Waals surface area contributed by atoms with Gasteiger partial charge in [0.15, 0.2) is 0 Å². The highest BCUT2D eigenvalue weighted by molar-refractivity contribution is 5.83. The molecular formula is C9H12N2O4. The van der Waals surface area contributed by atoms with E-state index in [0.717, 1.165) is 4.90 Å². The zero-order valence-corrected chi connectivity index (χ0v) is 8.51. The van der Waals surface area contributed by atoms with Crippen molar-refractivity contribution < 1.29 is 19.1 Å². The number of likely N-dealkylation sites (N-methyl/N-ethyl adjacent to an activating group) is 1. The molecule has 1 atom stereocenters. The lowest BCUT2D eigenvalue weighted by Crippen LogP contribution is -2.41. The van der Waals surface area contributed by atoms with Gasteiger partial charge in [0.05, 0.1) is 6.20 Å². The Morgan fingerprint density at radius 1 is 1.67 bits per heavy atom. The van der Waals surface area contributed by atoms with E-state index in [1.54, 1.807) is 0 Å². The van der Waals surface area contributed by atoms with E-state index in [1.807, 2.05) is 0 Å². The molecule has 0 aliphatic carbocycles. The van der Waals surface area contributed by atoms with Crippen molar-refractivity contribution in [1.82, 2.24) is 9.88 Å². The number of carboxylic acids is 1. The first kappa shape index (κ1) is 11.2. The molecule has 0 aliphatic rings. The summed E-state index contributed by atoms with van der Waals surface area (Å²) in [6.45, 7) is 1.44. The summed E-state index contributed by atoms with van der Waals surface area (Å²) >= 11 is 0. The van der Waals surface area contributed by atoms with Crippen LogP contribution in [0.15, 0.2) is 16.9 Å². The molecule has 0 fully saturated rings. The highest BCUT2D eigenvalue weighted by atomic mass is 16.4. The van der Waals surface area contributed by atoms with Gasteiger partial charge in [-0.1, -0.05) is 0 Å². The fourth-order valence-corrected chi connectivity index (χ4v) is 0.976. The van der Waals surface area contributed by atoms with Gasteiger partial charge in [0, 0.05) is 7.05 Å². The molecule has 6 heteroatoms. The van der Waals surface area contributed by atoms with E-state index in [-0.39, 0.29) is 18.2 Å². The second-order valence-corrected chi connectivity index (χ2v) is 3.12. The number of rotatable bonds is 4. The van der Waals surface area contributed by atoms with E-state index in [0.29, 0.717) is 0 Å². The molecule has 0 spiro atoms. The number of hydrogen-bond donors (Lipinski definition) is 1. The normalized spacial score (nSPS) is 12.1. The van der Waals surface area contributed by atoms with Crippen LogP contribution in [0.4, 0.5) is 0 Å². The molecule has 82 valence electrons. The third-order valence-corrected chi connectivity index (χ3v) is 2.12. The van der Waals surface area contributed by atoms with Crippen LogP contribution >= 0.6 is 0 Å². The molecule has 0 saturated heterocycles. The zero-order chi connectivity index (χ0) is 11.4. The Hall–Kier alpha value is -1.85. The number of carbonyl (C=O) groups excluding carboxylic acids is 1. The van der Waals surface area contributed by atoms with E-state index in [2.05, 4.69) is 4.98 Å². The maximum atomic E-state index is 11.5. The molecule has 1 amide bonds. The second-order valence-electron chi connectivity index (χ2n) is 3.12. The van der Waals surface area contributed by atoms with Crippen molar-refractivity contribution in [2.75, 3.05) is 7.05 Å². The monoisotopic (exact) mass is 212 g/mol. The second kappa shape index (κ2) is 4.59. The van der Waals surface area contributed by atoms with Gasteiger partial charge in [-0.2, -0.15) is 0 Å². The van der Waals surface area contributed by atoms with Crippen molar-refractivity contribution >= 4 is 11.9 Å². The van der Waals surface area contributed by atoms with E-state index in [4.69, 9.17) is 9.52 Å². The number of aromatic nitrogens is 1. The summed E-state index contributed by atoms with van der Waals surface area (Å²) < 4.78 is 4.89. The van der Waals surface area contributed by atoms with E-state index in [9.17, 15) is 9.59 Å². The topological polar surface area (TPSA) is 83.6 Å². The molecular weight excluding hydrogens is 200 g/mol. The van der Waals surface area contributed by atoms with Crippen molar-refractivity contribution in [3.05, 3.63) is 18.4 Å². The van der Waals surface area contributed by atoms with E-state index < -0.39 is 12.0 Å². The molecule has 0 radical (unpaired) electrons. The molecule has 1 N–H and O–H groups in total. The Kier molecular flexibility index (Phi) is 3.43. The molecule has 0 aromatic carbocycles. The largest absolute Gasteiger partial charge is 0.480 e. The predicted molar refractivity (Wildman–Crippen MR) is 50.1 cm³/mol. The van der Waals surface area contributed by atoms with Gasteiger partial charge >= 0.3 is 5.97 Å². The first-order valence-corrected chi connectivity index (χ1v) is 4.39. The summed E-state index contributed by atoms with van der Waals surface area (Å²) in [6.07, 6.45) is 2.77. The molecule has 15 heavy (non-hydrogen) atoms. The van der Waals surface area contributed by atoms with Crippen LogP contribution in [-0.4, -0.2) is 40.0 Å². The van der Waals surface area contributed by atoms with Gasteiger partial charge in [-0.3, -0.25) is 4.79 Å². The van der Waals surface area contributed by atoms with Gasteiger partial charge in [0.2, 0.25) is 11.8 Å². The fraction of sp³-hybridized carbons (Fsp3) is 0.444. The lowest BCUT2D eigenvalue weighted by molar-refractivity contribution is -0.148. The average Bonchev–Trinajstić information content (AvgIpc) is 2.67. The number of oxazole rings is 1. The van der Waals surface area contributed by atoms with Crippen LogP contribution in [0.5, 0.6) is 0 Å². The summed E-state index contributed by atoms with van der Waals surface area (Å²) in [5.41, 5.74) is 0. The molecule has 0 aliphatic heterocycles. The number of hydrogen-bond acceptors (Lipinski definition) is 4. The standard InChI is InChI=1S/C9H12N2O4/c1-6(9(13)14)11(2)8(12)5-7-10-3-4-15-7/h3-4,6H,5H2,1-2H3,(H,13,14). The number of carbonyl (C=O) groups is 2. The quantitative estimate of drug-likeness (QED) is 0.767. The summed E-state index contributed by atoms with van der Waals surface area (Å²) in [7, 11) is 1.43. The van der Waals surface area contributed by atoms with Crippen molar-refractivity contribution in [3.63, 3.8) is 0 Å². The van der Waals surface area contributed by atoms with E-state index >= 15 is 0 Å². The molecule has 6 nitrogen and oxygen atoms in total. The van der Waals surface area contributed by atoms with Crippen LogP contribution in [0.1, 0.15) is 12.8 Å². The van der Waals surface area contributed by atoms with Crippen molar-refractivity contribution in [2.24, 2.45) is 0 Å². The van der Waals surface area contributed by atoms with Crippen molar-refractivity contribution in [3.8, 4) is 0 Å². The minimum atomic E-state index is -1.04. The Labute approximate surface area is 86.5 Å². The minimum Gasteiger partial charge on any atom is -0.480 e. The van der Waals surface area contributed by atoms with Gasteiger partial charge in [-0.05, 0) is 6.92 Å². The maximum Gasteiger partial charge on any atom is 0.326 e. The molecule has 1 unspecified atom stereocenters. The Bertz CT molecular complexity index is 347. The minimum absolute atomic E-state index is 0.0267. The molecule has 1 rings (SSSR count). The third kappa shape index (κ3) is 2.80. The predicted octanol–water partition coefficient (Wildman–Crippen LogP) is 0.149. The van der Waals surface area contributed by atoms with Gasteiger partial charge in [-0.15, -0.1) is 0 Å². The third-order valence-electron chi connectivity index (χ3n) is 2.12.